The Balaban J connectivity index is 1.57. The highest BCUT2D eigenvalue weighted by atomic mass is 16.2. The molecule has 0 N–H and O–H groups in total. The van der Waals surface area contributed by atoms with E-state index in [1.807, 2.05) is 24.2 Å². The molecule has 2 fully saturated rings. The summed E-state index contributed by atoms with van der Waals surface area (Å²) in [6.07, 6.45) is 8.50. The summed E-state index contributed by atoms with van der Waals surface area (Å²) >= 11 is 0. The Morgan fingerprint density at radius 2 is 2.06 bits per heavy atom. The summed E-state index contributed by atoms with van der Waals surface area (Å²) in [6.45, 7) is 3.75. The molecule has 2 aliphatic rings. The molecule has 4 heteroatoms. The van der Waals surface area contributed by atoms with Crippen LogP contribution in [-0.2, 0) is 4.79 Å². The minimum atomic E-state index is 0.319. The maximum atomic E-state index is 12.1. The molecule has 0 unspecified atom stereocenters. The van der Waals surface area contributed by atoms with Gasteiger partial charge in [0.15, 0.2) is 0 Å². The minimum absolute atomic E-state index is 0.319. The summed E-state index contributed by atoms with van der Waals surface area (Å²) in [5.74, 6) is 1.75. The molecular formula is C13H19N3O. The maximum absolute atomic E-state index is 12.1. The largest absolute Gasteiger partial charge is 0.338 e. The topological polar surface area (TPSA) is 38.1 Å². The molecule has 3 rings (SSSR count). The molecule has 1 aromatic heterocycles. The number of aryl methyl sites for hydroxylation is 1. The smallest absolute Gasteiger partial charge is 0.225 e. The number of imidazole rings is 1. The Morgan fingerprint density at radius 3 is 2.65 bits per heavy atom. The van der Waals surface area contributed by atoms with Crippen molar-refractivity contribution < 1.29 is 4.79 Å². The first-order valence-electron chi connectivity index (χ1n) is 6.54. The van der Waals surface area contributed by atoms with Gasteiger partial charge in [0.1, 0.15) is 5.82 Å². The Bertz CT molecular complexity index is 414. The summed E-state index contributed by atoms with van der Waals surface area (Å²) in [6, 6.07) is 0.447. The molecule has 0 aromatic carbocycles. The molecule has 2 heterocycles. The van der Waals surface area contributed by atoms with Gasteiger partial charge in [-0.3, -0.25) is 4.79 Å². The lowest BCUT2D eigenvalue weighted by Crippen LogP contribution is -2.52. The van der Waals surface area contributed by atoms with E-state index < -0.39 is 0 Å². The summed E-state index contributed by atoms with van der Waals surface area (Å²) in [4.78, 5) is 18.4. The highest BCUT2D eigenvalue weighted by Crippen LogP contribution is 2.30. The third-order valence-corrected chi connectivity index (χ3v) is 4.13. The molecule has 1 aliphatic carbocycles. The van der Waals surface area contributed by atoms with E-state index in [1.54, 1.807) is 0 Å². The maximum Gasteiger partial charge on any atom is 0.225 e. The Hall–Kier alpha value is -1.32. The number of hydrogen-bond acceptors (Lipinski definition) is 2. The van der Waals surface area contributed by atoms with Crippen LogP contribution in [0.25, 0.3) is 0 Å². The standard InChI is InChI=1S/C13H19N3O/c1-10-14-6-7-16(10)12-8-15(9-12)13(17)11-4-2-3-5-11/h6-7,11-12H,2-5,8-9H2,1H3. The zero-order valence-electron chi connectivity index (χ0n) is 10.3. The van der Waals surface area contributed by atoms with Gasteiger partial charge < -0.3 is 9.47 Å². The van der Waals surface area contributed by atoms with Crippen molar-refractivity contribution in [2.45, 2.75) is 38.6 Å². The number of aromatic nitrogens is 2. The molecular weight excluding hydrogens is 214 g/mol. The highest BCUT2D eigenvalue weighted by Gasteiger charge is 2.36. The molecule has 92 valence electrons. The van der Waals surface area contributed by atoms with E-state index in [9.17, 15) is 4.79 Å². The fourth-order valence-corrected chi connectivity index (χ4v) is 3.02. The molecule has 17 heavy (non-hydrogen) atoms. The van der Waals surface area contributed by atoms with Gasteiger partial charge in [0.25, 0.3) is 0 Å². The van der Waals surface area contributed by atoms with Gasteiger partial charge in [-0.05, 0) is 19.8 Å². The van der Waals surface area contributed by atoms with Crippen molar-refractivity contribution in [3.8, 4) is 0 Å². The Labute approximate surface area is 102 Å². The summed E-state index contributed by atoms with van der Waals surface area (Å²) in [5.41, 5.74) is 0. The van der Waals surface area contributed by atoms with Crippen LogP contribution in [0, 0.1) is 12.8 Å². The second kappa shape index (κ2) is 4.17. The van der Waals surface area contributed by atoms with E-state index in [-0.39, 0.29) is 0 Å². The van der Waals surface area contributed by atoms with E-state index in [0.29, 0.717) is 17.9 Å². The van der Waals surface area contributed by atoms with Crippen LogP contribution in [0.5, 0.6) is 0 Å². The molecule has 1 aliphatic heterocycles. The molecule has 0 atom stereocenters. The highest BCUT2D eigenvalue weighted by molar-refractivity contribution is 5.79. The first-order valence-corrected chi connectivity index (χ1v) is 6.54. The van der Waals surface area contributed by atoms with Gasteiger partial charge in [0, 0.05) is 31.4 Å². The van der Waals surface area contributed by atoms with Gasteiger partial charge in [-0.15, -0.1) is 0 Å². The lowest BCUT2D eigenvalue weighted by atomic mass is 10.0. The fraction of sp³-hybridized carbons (Fsp3) is 0.692. The summed E-state index contributed by atoms with van der Waals surface area (Å²) < 4.78 is 2.18. The first-order chi connectivity index (χ1) is 8.25. The van der Waals surface area contributed by atoms with Crippen LogP contribution in [0.2, 0.25) is 0 Å². The Morgan fingerprint density at radius 1 is 1.35 bits per heavy atom. The lowest BCUT2D eigenvalue weighted by molar-refractivity contribution is -0.141. The van der Waals surface area contributed by atoms with Crippen LogP contribution in [0.1, 0.15) is 37.5 Å². The van der Waals surface area contributed by atoms with Crippen molar-refractivity contribution in [2.75, 3.05) is 13.1 Å². The lowest BCUT2D eigenvalue weighted by Gasteiger charge is -2.41. The number of nitrogens with zero attached hydrogens (tertiary/aromatic N) is 3. The van der Waals surface area contributed by atoms with Gasteiger partial charge in [0.2, 0.25) is 5.91 Å². The average Bonchev–Trinajstić information content (AvgIpc) is 2.87. The van der Waals surface area contributed by atoms with Crippen LogP contribution >= 0.6 is 0 Å². The van der Waals surface area contributed by atoms with Gasteiger partial charge >= 0.3 is 0 Å². The zero-order chi connectivity index (χ0) is 11.8. The van der Waals surface area contributed by atoms with E-state index in [1.165, 1.54) is 12.8 Å². The van der Waals surface area contributed by atoms with Gasteiger partial charge in [-0.25, -0.2) is 4.98 Å². The second-order valence-corrected chi connectivity index (χ2v) is 5.26. The van der Waals surface area contributed by atoms with Crippen molar-refractivity contribution in [3.05, 3.63) is 18.2 Å². The van der Waals surface area contributed by atoms with Crippen LogP contribution in [0.15, 0.2) is 12.4 Å². The normalized spacial score (nSPS) is 21.8. The third kappa shape index (κ3) is 1.85. The summed E-state index contributed by atoms with van der Waals surface area (Å²) in [5, 5.41) is 0. The van der Waals surface area contributed by atoms with E-state index in [0.717, 1.165) is 31.8 Å². The van der Waals surface area contributed by atoms with Crippen molar-refractivity contribution in [2.24, 2.45) is 5.92 Å². The quantitative estimate of drug-likeness (QED) is 0.780. The molecule has 0 radical (unpaired) electrons. The van der Waals surface area contributed by atoms with Gasteiger partial charge in [-0.2, -0.15) is 0 Å². The third-order valence-electron chi connectivity index (χ3n) is 4.13. The molecule has 0 spiro atoms. The number of carbonyl (C=O) groups excluding carboxylic acids is 1. The molecule has 1 amide bonds. The number of amides is 1. The number of rotatable bonds is 2. The Kier molecular flexibility index (Phi) is 2.65. The predicted molar refractivity (Wildman–Crippen MR) is 64.5 cm³/mol. The minimum Gasteiger partial charge on any atom is -0.338 e. The van der Waals surface area contributed by atoms with Gasteiger partial charge in [0.05, 0.1) is 6.04 Å². The molecule has 0 bridgehead atoms. The SMILES string of the molecule is Cc1nccn1C1CN(C(=O)C2CCCC2)C1. The molecule has 1 aromatic rings. The van der Waals surface area contributed by atoms with Crippen LogP contribution in [0.3, 0.4) is 0 Å². The van der Waals surface area contributed by atoms with Crippen LogP contribution in [0.4, 0.5) is 0 Å². The first kappa shape index (κ1) is 10.8. The van der Waals surface area contributed by atoms with Crippen molar-refractivity contribution in [1.82, 2.24) is 14.5 Å². The second-order valence-electron chi connectivity index (χ2n) is 5.26. The van der Waals surface area contributed by atoms with Crippen molar-refractivity contribution in [1.29, 1.82) is 0 Å². The van der Waals surface area contributed by atoms with E-state index in [4.69, 9.17) is 0 Å². The van der Waals surface area contributed by atoms with Crippen LogP contribution in [-0.4, -0.2) is 33.4 Å². The average molecular weight is 233 g/mol. The molecule has 4 nitrogen and oxygen atoms in total. The van der Waals surface area contributed by atoms with Crippen molar-refractivity contribution >= 4 is 5.91 Å². The molecule has 1 saturated heterocycles. The monoisotopic (exact) mass is 233 g/mol. The molecule has 1 saturated carbocycles. The van der Waals surface area contributed by atoms with Gasteiger partial charge in [-0.1, -0.05) is 12.8 Å². The number of likely N-dealkylation sites (tertiary alicyclic amines) is 1. The van der Waals surface area contributed by atoms with Crippen molar-refractivity contribution in [3.63, 3.8) is 0 Å². The zero-order valence-corrected chi connectivity index (χ0v) is 10.3. The summed E-state index contributed by atoms with van der Waals surface area (Å²) in [7, 11) is 0. The van der Waals surface area contributed by atoms with E-state index >= 15 is 0 Å². The number of carbonyl (C=O) groups is 1. The van der Waals surface area contributed by atoms with E-state index in [2.05, 4.69) is 9.55 Å². The fourth-order valence-electron chi connectivity index (χ4n) is 3.02. The van der Waals surface area contributed by atoms with Crippen LogP contribution < -0.4 is 0 Å². The number of hydrogen-bond donors (Lipinski definition) is 0. The predicted octanol–water partition coefficient (Wildman–Crippen LogP) is 1.77.